The molecule has 3 aromatic heterocycles. The van der Waals surface area contributed by atoms with Gasteiger partial charge < -0.3 is 9.32 Å². The molecule has 26 heavy (non-hydrogen) atoms. The SMILES string of the molecule is Cn1ncc2c(=O)n(CC(=O)N(Cc3ccco3)CC(F)(F)F)cnc21. The summed E-state index contributed by atoms with van der Waals surface area (Å²) >= 11 is 0. The van der Waals surface area contributed by atoms with Gasteiger partial charge in [-0.25, -0.2) is 4.98 Å². The lowest BCUT2D eigenvalue weighted by Gasteiger charge is -2.23. The first-order chi connectivity index (χ1) is 12.2. The maximum absolute atomic E-state index is 12.8. The topological polar surface area (TPSA) is 86.2 Å². The Labute approximate surface area is 144 Å². The van der Waals surface area contributed by atoms with E-state index in [1.165, 1.54) is 29.3 Å². The molecule has 0 bridgehead atoms. The van der Waals surface area contributed by atoms with Crippen LogP contribution in [0.1, 0.15) is 5.76 Å². The highest BCUT2D eigenvalue weighted by Gasteiger charge is 2.33. The normalized spacial score (nSPS) is 11.8. The third kappa shape index (κ3) is 3.76. The minimum Gasteiger partial charge on any atom is -0.467 e. The molecule has 0 atom stereocenters. The summed E-state index contributed by atoms with van der Waals surface area (Å²) < 4.78 is 45.8. The van der Waals surface area contributed by atoms with Crippen molar-refractivity contribution in [1.29, 1.82) is 0 Å². The average Bonchev–Trinajstić information content (AvgIpc) is 3.18. The van der Waals surface area contributed by atoms with Crippen LogP contribution in [-0.2, 0) is 24.9 Å². The first-order valence-electron chi connectivity index (χ1n) is 7.48. The number of aromatic nitrogens is 4. The quantitative estimate of drug-likeness (QED) is 0.677. The monoisotopic (exact) mass is 369 g/mol. The van der Waals surface area contributed by atoms with Crippen molar-refractivity contribution in [3.8, 4) is 0 Å². The molecule has 8 nitrogen and oxygen atoms in total. The molecule has 1 amide bonds. The van der Waals surface area contributed by atoms with Crippen LogP contribution in [0.3, 0.4) is 0 Å². The summed E-state index contributed by atoms with van der Waals surface area (Å²) in [6, 6.07) is 2.97. The largest absolute Gasteiger partial charge is 0.467 e. The molecule has 0 aromatic carbocycles. The third-order valence-electron chi connectivity index (χ3n) is 3.67. The number of halogens is 3. The summed E-state index contributed by atoms with van der Waals surface area (Å²) in [5.74, 6) is -0.679. The number of nitrogens with zero attached hydrogens (tertiary/aromatic N) is 5. The minimum atomic E-state index is -4.58. The third-order valence-corrected chi connectivity index (χ3v) is 3.67. The Morgan fingerprint density at radius 2 is 2.15 bits per heavy atom. The highest BCUT2D eigenvalue weighted by Crippen LogP contribution is 2.19. The first-order valence-corrected chi connectivity index (χ1v) is 7.48. The molecular formula is C15H14F3N5O3. The van der Waals surface area contributed by atoms with E-state index in [4.69, 9.17) is 4.42 Å². The fourth-order valence-corrected chi connectivity index (χ4v) is 2.46. The van der Waals surface area contributed by atoms with E-state index in [0.29, 0.717) is 10.5 Å². The van der Waals surface area contributed by atoms with Gasteiger partial charge in [-0.3, -0.25) is 18.8 Å². The molecule has 0 saturated carbocycles. The molecule has 0 aliphatic heterocycles. The van der Waals surface area contributed by atoms with Crippen molar-refractivity contribution in [3.63, 3.8) is 0 Å². The van der Waals surface area contributed by atoms with Gasteiger partial charge in [0.25, 0.3) is 5.56 Å². The van der Waals surface area contributed by atoms with Crippen LogP contribution in [-0.4, -0.2) is 42.9 Å². The molecule has 0 N–H and O–H groups in total. The number of carbonyl (C=O) groups is 1. The van der Waals surface area contributed by atoms with Gasteiger partial charge in [-0.2, -0.15) is 18.3 Å². The molecule has 138 valence electrons. The zero-order valence-electron chi connectivity index (χ0n) is 13.6. The van der Waals surface area contributed by atoms with Crippen LogP contribution >= 0.6 is 0 Å². The summed E-state index contributed by atoms with van der Waals surface area (Å²) in [6.07, 6.45) is -0.875. The Morgan fingerprint density at radius 3 is 2.81 bits per heavy atom. The van der Waals surface area contributed by atoms with Crippen LogP contribution in [0.4, 0.5) is 13.2 Å². The van der Waals surface area contributed by atoms with E-state index in [-0.39, 0.29) is 17.7 Å². The molecule has 3 aromatic rings. The highest BCUT2D eigenvalue weighted by molar-refractivity contribution is 5.77. The van der Waals surface area contributed by atoms with Crippen molar-refractivity contribution in [2.24, 2.45) is 7.05 Å². The summed E-state index contributed by atoms with van der Waals surface area (Å²) in [7, 11) is 1.60. The van der Waals surface area contributed by atoms with Crippen molar-refractivity contribution in [2.75, 3.05) is 6.54 Å². The number of carbonyl (C=O) groups excluding carboxylic acids is 1. The standard InChI is InChI=1S/C15H14F3N5O3/c1-21-13-11(5-20-21)14(25)23(9-19-13)7-12(24)22(8-15(16,17)18)6-10-3-2-4-26-10/h2-5,9H,6-8H2,1H3. The molecule has 0 aliphatic rings. The van der Waals surface area contributed by atoms with E-state index in [0.717, 1.165) is 10.9 Å². The number of hydrogen-bond donors (Lipinski definition) is 0. The van der Waals surface area contributed by atoms with Gasteiger partial charge in [-0.05, 0) is 12.1 Å². The van der Waals surface area contributed by atoms with Crippen LogP contribution in [0, 0.1) is 0 Å². The Bertz CT molecular complexity index is 975. The van der Waals surface area contributed by atoms with Gasteiger partial charge in [-0.1, -0.05) is 0 Å². The minimum absolute atomic E-state index is 0.177. The van der Waals surface area contributed by atoms with Crippen LogP contribution in [0.25, 0.3) is 11.0 Å². The lowest BCUT2D eigenvalue weighted by molar-refractivity contribution is -0.163. The lowest BCUT2D eigenvalue weighted by Crippen LogP contribution is -2.41. The summed E-state index contributed by atoms with van der Waals surface area (Å²) in [5, 5.41) is 4.07. The van der Waals surface area contributed by atoms with Gasteiger partial charge in [0, 0.05) is 7.05 Å². The predicted molar refractivity (Wildman–Crippen MR) is 82.9 cm³/mol. The number of hydrogen-bond acceptors (Lipinski definition) is 5. The Morgan fingerprint density at radius 1 is 1.38 bits per heavy atom. The second kappa shape index (κ2) is 6.65. The van der Waals surface area contributed by atoms with E-state index in [9.17, 15) is 22.8 Å². The number of alkyl halides is 3. The predicted octanol–water partition coefficient (Wildman–Crippen LogP) is 1.31. The van der Waals surface area contributed by atoms with E-state index < -0.39 is 30.7 Å². The molecule has 3 heterocycles. The van der Waals surface area contributed by atoms with Crippen LogP contribution < -0.4 is 5.56 Å². The molecule has 0 spiro atoms. The van der Waals surface area contributed by atoms with Crippen LogP contribution in [0.15, 0.2) is 40.1 Å². The molecule has 0 radical (unpaired) electrons. The average molecular weight is 369 g/mol. The van der Waals surface area contributed by atoms with Gasteiger partial charge >= 0.3 is 6.18 Å². The molecule has 0 fully saturated rings. The van der Waals surface area contributed by atoms with Crippen molar-refractivity contribution in [3.05, 3.63) is 47.0 Å². The molecule has 3 rings (SSSR count). The second-order valence-electron chi connectivity index (χ2n) is 5.63. The Balaban J connectivity index is 1.85. The number of fused-ring (bicyclic) bond motifs is 1. The maximum atomic E-state index is 12.8. The zero-order valence-corrected chi connectivity index (χ0v) is 13.6. The maximum Gasteiger partial charge on any atom is 0.406 e. The van der Waals surface area contributed by atoms with Gasteiger partial charge in [-0.15, -0.1) is 0 Å². The molecular weight excluding hydrogens is 355 g/mol. The smallest absolute Gasteiger partial charge is 0.406 e. The molecule has 0 unspecified atom stereocenters. The van der Waals surface area contributed by atoms with Crippen LogP contribution in [0.5, 0.6) is 0 Å². The van der Waals surface area contributed by atoms with E-state index >= 15 is 0 Å². The van der Waals surface area contributed by atoms with Gasteiger partial charge in [0.2, 0.25) is 5.91 Å². The number of aryl methyl sites for hydroxylation is 1. The zero-order chi connectivity index (χ0) is 18.9. The number of rotatable bonds is 5. The molecule has 0 saturated heterocycles. The molecule has 0 aliphatic carbocycles. The fourth-order valence-electron chi connectivity index (χ4n) is 2.46. The van der Waals surface area contributed by atoms with Crippen molar-refractivity contribution < 1.29 is 22.4 Å². The number of furan rings is 1. The summed E-state index contributed by atoms with van der Waals surface area (Å²) in [6.45, 7) is -2.39. The Kier molecular flexibility index (Phi) is 4.53. The van der Waals surface area contributed by atoms with Gasteiger partial charge in [0.05, 0.1) is 19.0 Å². The number of amides is 1. The molecule has 11 heteroatoms. The van der Waals surface area contributed by atoms with E-state index in [1.54, 1.807) is 7.05 Å². The van der Waals surface area contributed by atoms with Gasteiger partial charge in [0.1, 0.15) is 30.6 Å². The van der Waals surface area contributed by atoms with E-state index in [1.807, 2.05) is 0 Å². The second-order valence-corrected chi connectivity index (χ2v) is 5.63. The van der Waals surface area contributed by atoms with Crippen molar-refractivity contribution >= 4 is 16.9 Å². The fraction of sp³-hybridized carbons (Fsp3) is 0.333. The summed E-state index contributed by atoms with van der Waals surface area (Å²) in [4.78, 5) is 29.3. The van der Waals surface area contributed by atoms with Crippen LogP contribution in [0.2, 0.25) is 0 Å². The van der Waals surface area contributed by atoms with Gasteiger partial charge in [0.15, 0.2) is 5.65 Å². The summed E-state index contributed by atoms with van der Waals surface area (Å²) in [5.41, 5.74) is -0.233. The lowest BCUT2D eigenvalue weighted by atomic mass is 10.3. The first kappa shape index (κ1) is 17.7. The Hall–Kier alpha value is -3.11. The van der Waals surface area contributed by atoms with Crippen molar-refractivity contribution in [2.45, 2.75) is 19.3 Å². The highest BCUT2D eigenvalue weighted by atomic mass is 19.4. The van der Waals surface area contributed by atoms with E-state index in [2.05, 4.69) is 10.1 Å². The van der Waals surface area contributed by atoms with Crippen molar-refractivity contribution in [1.82, 2.24) is 24.2 Å².